The molecule has 0 spiro atoms. The maximum Gasteiger partial charge on any atom is 0.246 e. The van der Waals surface area contributed by atoms with E-state index in [1.54, 1.807) is 23.3 Å². The molecule has 3 heterocycles. The normalized spacial score (nSPS) is 11.9. The summed E-state index contributed by atoms with van der Waals surface area (Å²) in [7, 11) is 0. The van der Waals surface area contributed by atoms with Gasteiger partial charge in [0.1, 0.15) is 23.7 Å². The van der Waals surface area contributed by atoms with Gasteiger partial charge in [-0.3, -0.25) is 4.98 Å². The molecule has 0 aliphatic rings. The van der Waals surface area contributed by atoms with E-state index in [-0.39, 0.29) is 18.0 Å². The summed E-state index contributed by atoms with van der Waals surface area (Å²) in [5.74, 6) is 1.52. The zero-order chi connectivity index (χ0) is 22.5. The average Bonchev–Trinajstić information content (AvgIpc) is 3.23. The number of halogens is 1. The van der Waals surface area contributed by atoms with Crippen molar-refractivity contribution in [2.75, 3.05) is 10.6 Å². The Balaban J connectivity index is 1.45. The van der Waals surface area contributed by atoms with Gasteiger partial charge in [0.15, 0.2) is 0 Å². The Bertz CT molecular complexity index is 1180. The van der Waals surface area contributed by atoms with Crippen LogP contribution in [0, 0.1) is 5.82 Å². The number of anilines is 3. The Morgan fingerprint density at radius 1 is 1.00 bits per heavy atom. The van der Waals surface area contributed by atoms with Gasteiger partial charge < -0.3 is 15.4 Å². The van der Waals surface area contributed by atoms with Crippen molar-refractivity contribution in [2.45, 2.75) is 32.9 Å². The monoisotopic (exact) mass is 433 g/mol. The van der Waals surface area contributed by atoms with E-state index in [9.17, 15) is 4.39 Å². The highest BCUT2D eigenvalue weighted by atomic mass is 19.1. The Kier molecular flexibility index (Phi) is 6.25. The summed E-state index contributed by atoms with van der Waals surface area (Å²) in [5, 5.41) is 11.0. The highest BCUT2D eigenvalue weighted by Gasteiger charge is 2.10. The van der Waals surface area contributed by atoms with Crippen molar-refractivity contribution in [1.82, 2.24) is 24.7 Å². The van der Waals surface area contributed by atoms with E-state index in [0.29, 0.717) is 11.8 Å². The molecule has 0 saturated heterocycles. The van der Waals surface area contributed by atoms with Crippen molar-refractivity contribution in [3.05, 3.63) is 78.8 Å². The minimum absolute atomic E-state index is 0.0960. The largest absolute Gasteiger partial charge is 0.491 e. The fraction of sp³-hybridized carbons (Fsp3) is 0.217. The molecule has 0 amide bonds. The van der Waals surface area contributed by atoms with Crippen LogP contribution >= 0.6 is 0 Å². The minimum Gasteiger partial charge on any atom is -0.491 e. The maximum absolute atomic E-state index is 13.1. The third kappa shape index (κ3) is 5.37. The van der Waals surface area contributed by atoms with Crippen molar-refractivity contribution < 1.29 is 9.13 Å². The molecule has 8 nitrogen and oxygen atoms in total. The van der Waals surface area contributed by atoms with Gasteiger partial charge in [0.25, 0.3) is 0 Å². The molecule has 1 aromatic carbocycles. The van der Waals surface area contributed by atoms with Crippen LogP contribution in [0.3, 0.4) is 0 Å². The van der Waals surface area contributed by atoms with Crippen LogP contribution in [0.25, 0.3) is 5.69 Å². The van der Waals surface area contributed by atoms with Crippen LogP contribution in [-0.4, -0.2) is 30.8 Å². The SMILES string of the molecule is CC(C)Oc1cccc(Nc2ncn(-c3ccnc(N[C@@H](C)c4ccc(F)cn4)c3)n2)c1. The second-order valence-electron chi connectivity index (χ2n) is 7.50. The van der Waals surface area contributed by atoms with Gasteiger partial charge >= 0.3 is 0 Å². The molecule has 0 fully saturated rings. The number of rotatable bonds is 8. The molecular weight excluding hydrogens is 409 g/mol. The number of nitrogens with one attached hydrogen (secondary N) is 2. The lowest BCUT2D eigenvalue weighted by Crippen LogP contribution is -2.10. The van der Waals surface area contributed by atoms with Crippen molar-refractivity contribution in [1.29, 1.82) is 0 Å². The summed E-state index contributed by atoms with van der Waals surface area (Å²) < 4.78 is 20.5. The van der Waals surface area contributed by atoms with Gasteiger partial charge in [0, 0.05) is 24.0 Å². The van der Waals surface area contributed by atoms with E-state index in [4.69, 9.17) is 4.74 Å². The minimum atomic E-state index is -0.365. The van der Waals surface area contributed by atoms with Crippen LogP contribution in [0.2, 0.25) is 0 Å². The number of ether oxygens (including phenoxy) is 1. The second kappa shape index (κ2) is 9.42. The van der Waals surface area contributed by atoms with E-state index in [1.165, 1.54) is 12.3 Å². The number of aromatic nitrogens is 5. The molecule has 3 aromatic heterocycles. The summed E-state index contributed by atoms with van der Waals surface area (Å²) >= 11 is 0. The van der Waals surface area contributed by atoms with Gasteiger partial charge in [-0.1, -0.05) is 6.07 Å². The number of benzene rings is 1. The standard InChI is InChI=1S/C23H24FN7O/c1-15(2)32-20-6-4-5-18(11-20)29-23-27-14-31(30-23)19-9-10-25-22(12-19)28-16(3)21-8-7-17(24)13-26-21/h4-16H,1-3H3,(H,25,28)(H,29,30)/t16-/m0/s1. The van der Waals surface area contributed by atoms with Crippen molar-refractivity contribution in [2.24, 2.45) is 0 Å². The first-order valence-corrected chi connectivity index (χ1v) is 10.3. The molecule has 2 N–H and O–H groups in total. The molecule has 0 unspecified atom stereocenters. The van der Waals surface area contributed by atoms with Crippen molar-refractivity contribution in [3.63, 3.8) is 0 Å². The number of pyridine rings is 2. The van der Waals surface area contributed by atoms with Crippen molar-refractivity contribution >= 4 is 17.5 Å². The average molecular weight is 433 g/mol. The molecule has 0 aliphatic carbocycles. The van der Waals surface area contributed by atoms with E-state index in [2.05, 4.69) is 30.7 Å². The van der Waals surface area contributed by atoms with Gasteiger partial charge in [0.2, 0.25) is 5.95 Å². The van der Waals surface area contributed by atoms with Crippen LogP contribution in [0.15, 0.2) is 67.3 Å². The first-order chi connectivity index (χ1) is 15.5. The lowest BCUT2D eigenvalue weighted by atomic mass is 10.2. The summed E-state index contributed by atoms with van der Waals surface area (Å²) in [4.78, 5) is 12.8. The molecule has 9 heteroatoms. The highest BCUT2D eigenvalue weighted by molar-refractivity contribution is 5.56. The van der Waals surface area contributed by atoms with Gasteiger partial charge in [-0.25, -0.2) is 14.1 Å². The van der Waals surface area contributed by atoms with Crippen LogP contribution in [0.1, 0.15) is 32.5 Å². The molecule has 0 radical (unpaired) electrons. The predicted molar refractivity (Wildman–Crippen MR) is 121 cm³/mol. The summed E-state index contributed by atoms with van der Waals surface area (Å²) in [6, 6.07) is 14.2. The number of hydrogen-bond acceptors (Lipinski definition) is 7. The molecule has 164 valence electrons. The molecular formula is C23H24FN7O. The molecule has 0 saturated carbocycles. The van der Waals surface area contributed by atoms with Crippen molar-refractivity contribution in [3.8, 4) is 11.4 Å². The number of nitrogens with zero attached hydrogens (tertiary/aromatic N) is 5. The third-order valence-electron chi connectivity index (χ3n) is 4.52. The Morgan fingerprint density at radius 3 is 2.66 bits per heavy atom. The lowest BCUT2D eigenvalue weighted by Gasteiger charge is -2.14. The first-order valence-electron chi connectivity index (χ1n) is 10.3. The van der Waals surface area contributed by atoms with Gasteiger partial charge in [0.05, 0.1) is 29.7 Å². The fourth-order valence-electron chi connectivity index (χ4n) is 3.07. The van der Waals surface area contributed by atoms with Gasteiger partial charge in [-0.15, -0.1) is 5.10 Å². The number of hydrogen-bond donors (Lipinski definition) is 2. The van der Waals surface area contributed by atoms with Gasteiger partial charge in [-0.05, 0) is 51.1 Å². The Morgan fingerprint density at radius 2 is 1.88 bits per heavy atom. The molecule has 4 aromatic rings. The molecule has 1 atom stereocenters. The zero-order valence-corrected chi connectivity index (χ0v) is 18.0. The third-order valence-corrected chi connectivity index (χ3v) is 4.52. The van der Waals surface area contributed by atoms with E-state index < -0.39 is 0 Å². The summed E-state index contributed by atoms with van der Waals surface area (Å²) in [5.41, 5.74) is 2.34. The van der Waals surface area contributed by atoms with E-state index >= 15 is 0 Å². The topological polar surface area (TPSA) is 89.8 Å². The smallest absolute Gasteiger partial charge is 0.246 e. The molecule has 32 heavy (non-hydrogen) atoms. The fourth-order valence-corrected chi connectivity index (χ4v) is 3.07. The molecule has 0 bridgehead atoms. The highest BCUT2D eigenvalue weighted by Crippen LogP contribution is 2.22. The van der Waals surface area contributed by atoms with Gasteiger partial charge in [-0.2, -0.15) is 4.98 Å². The Labute approximate surface area is 185 Å². The quantitative estimate of drug-likeness (QED) is 0.408. The van der Waals surface area contributed by atoms with Crippen LogP contribution in [0.4, 0.5) is 21.8 Å². The lowest BCUT2D eigenvalue weighted by molar-refractivity contribution is 0.242. The van der Waals surface area contributed by atoms with Crippen LogP contribution < -0.4 is 15.4 Å². The summed E-state index contributed by atoms with van der Waals surface area (Å²) in [6.45, 7) is 5.90. The van der Waals surface area contributed by atoms with E-state index in [0.717, 1.165) is 22.8 Å². The summed E-state index contributed by atoms with van der Waals surface area (Å²) in [6.07, 6.45) is 4.61. The molecule has 4 rings (SSSR count). The zero-order valence-electron chi connectivity index (χ0n) is 18.0. The molecule has 0 aliphatic heterocycles. The van der Waals surface area contributed by atoms with Crippen LogP contribution in [-0.2, 0) is 0 Å². The van der Waals surface area contributed by atoms with Crippen LogP contribution in [0.5, 0.6) is 5.75 Å². The van der Waals surface area contributed by atoms with E-state index in [1.807, 2.05) is 57.2 Å². The maximum atomic E-state index is 13.1. The predicted octanol–water partition coefficient (Wildman–Crippen LogP) is 4.90. The first kappa shape index (κ1) is 21.2. The Hall–Kier alpha value is -4.01. The second-order valence-corrected chi connectivity index (χ2v) is 7.50.